The maximum absolute atomic E-state index is 5.63. The predicted octanol–water partition coefficient (Wildman–Crippen LogP) is 2.41. The van der Waals surface area contributed by atoms with Gasteiger partial charge in [0.15, 0.2) is 0 Å². The highest BCUT2D eigenvalue weighted by atomic mass is 79.9. The van der Waals surface area contributed by atoms with Gasteiger partial charge in [-0.05, 0) is 23.8 Å². The van der Waals surface area contributed by atoms with Gasteiger partial charge in [-0.15, -0.1) is 0 Å². The van der Waals surface area contributed by atoms with Crippen LogP contribution in [0, 0.1) is 0 Å². The molecule has 0 radical (unpaired) electrons. The number of aromatic nitrogens is 2. The quantitative estimate of drug-likeness (QED) is 0.906. The van der Waals surface area contributed by atoms with Crippen LogP contribution in [0.3, 0.4) is 0 Å². The topological polar surface area (TPSA) is 51.8 Å². The van der Waals surface area contributed by atoms with E-state index in [0.717, 1.165) is 16.6 Å². The molecule has 0 saturated carbocycles. The number of rotatable bonds is 2. The third-order valence-electron chi connectivity index (χ3n) is 2.00. The third kappa shape index (κ3) is 2.76. The number of hydrogen-bond acceptors (Lipinski definition) is 3. The van der Waals surface area contributed by atoms with Gasteiger partial charge in [0.05, 0.1) is 17.6 Å². The van der Waals surface area contributed by atoms with Gasteiger partial charge in [-0.1, -0.05) is 28.1 Å². The fraction of sp³-hybridized carbons (Fsp3) is 0.0909. The van der Waals surface area contributed by atoms with E-state index in [1.54, 1.807) is 6.20 Å². The maximum Gasteiger partial charge on any atom is 0.0726 e. The van der Waals surface area contributed by atoms with Crippen LogP contribution in [0.4, 0.5) is 5.69 Å². The lowest BCUT2D eigenvalue weighted by Crippen LogP contribution is -1.97. The van der Waals surface area contributed by atoms with Crippen molar-refractivity contribution in [2.45, 2.75) is 6.42 Å². The van der Waals surface area contributed by atoms with Crippen LogP contribution in [-0.4, -0.2) is 10.2 Å². The van der Waals surface area contributed by atoms with Crippen molar-refractivity contribution in [2.24, 2.45) is 0 Å². The van der Waals surface area contributed by atoms with E-state index < -0.39 is 0 Å². The first-order valence-corrected chi connectivity index (χ1v) is 5.35. The maximum atomic E-state index is 5.63. The molecule has 76 valence electrons. The number of halogens is 1. The van der Waals surface area contributed by atoms with Crippen LogP contribution < -0.4 is 5.73 Å². The van der Waals surface area contributed by atoms with Crippen molar-refractivity contribution >= 4 is 21.6 Å². The highest BCUT2D eigenvalue weighted by Crippen LogP contribution is 2.14. The zero-order valence-corrected chi connectivity index (χ0v) is 9.61. The molecule has 0 aliphatic heterocycles. The van der Waals surface area contributed by atoms with Crippen molar-refractivity contribution in [2.75, 3.05) is 5.73 Å². The van der Waals surface area contributed by atoms with Gasteiger partial charge in [-0.2, -0.15) is 10.2 Å². The van der Waals surface area contributed by atoms with Crippen molar-refractivity contribution in [1.82, 2.24) is 10.2 Å². The van der Waals surface area contributed by atoms with Crippen LogP contribution in [0.25, 0.3) is 0 Å². The van der Waals surface area contributed by atoms with Crippen LogP contribution >= 0.6 is 15.9 Å². The average molecular weight is 264 g/mol. The first kappa shape index (κ1) is 10.1. The molecule has 0 aliphatic carbocycles. The van der Waals surface area contributed by atoms with E-state index in [1.165, 1.54) is 5.56 Å². The molecule has 0 bridgehead atoms. The molecule has 3 nitrogen and oxygen atoms in total. The van der Waals surface area contributed by atoms with E-state index in [9.17, 15) is 0 Å². The van der Waals surface area contributed by atoms with E-state index in [1.807, 2.05) is 18.2 Å². The lowest BCUT2D eigenvalue weighted by molar-refractivity contribution is 0.939. The van der Waals surface area contributed by atoms with Gasteiger partial charge < -0.3 is 5.73 Å². The van der Waals surface area contributed by atoms with E-state index in [0.29, 0.717) is 5.69 Å². The number of nitrogens with two attached hydrogens (primary N) is 1. The molecule has 15 heavy (non-hydrogen) atoms. The van der Waals surface area contributed by atoms with E-state index >= 15 is 0 Å². The Labute approximate surface area is 96.5 Å². The normalized spacial score (nSPS) is 10.2. The summed E-state index contributed by atoms with van der Waals surface area (Å²) in [5, 5.41) is 7.84. The summed E-state index contributed by atoms with van der Waals surface area (Å²) < 4.78 is 1.07. The number of nitrogens with zero attached hydrogens (tertiary/aromatic N) is 2. The van der Waals surface area contributed by atoms with E-state index in [4.69, 9.17) is 5.73 Å². The predicted molar refractivity (Wildman–Crippen MR) is 63.4 cm³/mol. The van der Waals surface area contributed by atoms with Crippen molar-refractivity contribution in [1.29, 1.82) is 0 Å². The van der Waals surface area contributed by atoms with Crippen LogP contribution in [0.2, 0.25) is 0 Å². The number of anilines is 1. The molecule has 0 saturated heterocycles. The molecule has 0 aliphatic rings. The molecule has 2 rings (SSSR count). The molecule has 2 aromatic rings. The monoisotopic (exact) mass is 263 g/mol. The van der Waals surface area contributed by atoms with Crippen LogP contribution in [0.15, 0.2) is 41.0 Å². The van der Waals surface area contributed by atoms with Gasteiger partial charge in [0.25, 0.3) is 0 Å². The number of hydrogen-bond donors (Lipinski definition) is 1. The Morgan fingerprint density at radius 2 is 2.13 bits per heavy atom. The molecule has 0 unspecified atom stereocenters. The van der Waals surface area contributed by atoms with Crippen molar-refractivity contribution in [3.05, 3.63) is 52.3 Å². The van der Waals surface area contributed by atoms with Crippen molar-refractivity contribution in [3.8, 4) is 0 Å². The van der Waals surface area contributed by atoms with Gasteiger partial charge in [0, 0.05) is 10.9 Å². The van der Waals surface area contributed by atoms with Gasteiger partial charge in [-0.3, -0.25) is 0 Å². The Hall–Kier alpha value is -1.42. The Kier molecular flexibility index (Phi) is 2.97. The summed E-state index contributed by atoms with van der Waals surface area (Å²) in [4.78, 5) is 0. The first-order valence-electron chi connectivity index (χ1n) is 4.55. The first-order chi connectivity index (χ1) is 7.24. The minimum Gasteiger partial charge on any atom is -0.397 e. The number of nitrogen functional groups attached to an aromatic ring is 1. The zero-order chi connectivity index (χ0) is 10.7. The summed E-state index contributed by atoms with van der Waals surface area (Å²) in [5.41, 5.74) is 8.35. The van der Waals surface area contributed by atoms with Gasteiger partial charge in [-0.25, -0.2) is 0 Å². The fourth-order valence-electron chi connectivity index (χ4n) is 1.37. The second-order valence-corrected chi connectivity index (χ2v) is 4.20. The summed E-state index contributed by atoms with van der Waals surface area (Å²) in [6.45, 7) is 0. The highest BCUT2D eigenvalue weighted by molar-refractivity contribution is 9.10. The minimum absolute atomic E-state index is 0.648. The Balaban J connectivity index is 2.22. The lowest BCUT2D eigenvalue weighted by Gasteiger charge is -2.01. The summed E-state index contributed by atoms with van der Waals surface area (Å²) in [6.07, 6.45) is 2.29. The molecule has 1 aromatic carbocycles. The smallest absolute Gasteiger partial charge is 0.0726 e. The highest BCUT2D eigenvalue weighted by Gasteiger charge is 1.99. The molecule has 1 heterocycles. The van der Waals surface area contributed by atoms with Crippen molar-refractivity contribution < 1.29 is 0 Å². The van der Waals surface area contributed by atoms with Crippen LogP contribution in [0.5, 0.6) is 0 Å². The molecule has 0 spiro atoms. The Bertz CT molecular complexity index is 427. The molecular weight excluding hydrogens is 254 g/mol. The fourth-order valence-corrected chi connectivity index (χ4v) is 1.82. The van der Waals surface area contributed by atoms with Crippen LogP contribution in [0.1, 0.15) is 11.3 Å². The molecule has 1 aromatic heterocycles. The average Bonchev–Trinajstić information content (AvgIpc) is 2.17. The SMILES string of the molecule is Nc1cnnc(Cc2cccc(Br)c2)c1. The summed E-state index contributed by atoms with van der Waals surface area (Å²) >= 11 is 3.43. The zero-order valence-electron chi connectivity index (χ0n) is 8.02. The molecule has 4 heteroatoms. The van der Waals surface area contributed by atoms with Gasteiger partial charge in [0.1, 0.15) is 0 Å². The molecule has 0 amide bonds. The molecule has 0 fully saturated rings. The number of benzene rings is 1. The Morgan fingerprint density at radius 3 is 2.87 bits per heavy atom. The van der Waals surface area contributed by atoms with Crippen LogP contribution in [-0.2, 0) is 6.42 Å². The molecular formula is C11H10BrN3. The largest absolute Gasteiger partial charge is 0.397 e. The van der Waals surface area contributed by atoms with Crippen molar-refractivity contribution in [3.63, 3.8) is 0 Å². The third-order valence-corrected chi connectivity index (χ3v) is 2.49. The van der Waals surface area contributed by atoms with Gasteiger partial charge >= 0.3 is 0 Å². The summed E-state index contributed by atoms with van der Waals surface area (Å²) in [7, 11) is 0. The van der Waals surface area contributed by atoms with E-state index in [2.05, 4.69) is 38.3 Å². The standard InChI is InChI=1S/C11H10BrN3/c12-9-3-1-2-8(4-9)5-11-6-10(13)7-14-15-11/h1-4,6-7H,5H2,(H2,13,15). The minimum atomic E-state index is 0.648. The summed E-state index contributed by atoms with van der Waals surface area (Å²) in [6, 6.07) is 9.95. The molecule has 0 atom stereocenters. The second-order valence-electron chi connectivity index (χ2n) is 3.29. The lowest BCUT2D eigenvalue weighted by atomic mass is 10.1. The summed E-state index contributed by atoms with van der Waals surface area (Å²) in [5.74, 6) is 0. The van der Waals surface area contributed by atoms with Gasteiger partial charge in [0.2, 0.25) is 0 Å². The van der Waals surface area contributed by atoms with E-state index in [-0.39, 0.29) is 0 Å². The Morgan fingerprint density at radius 1 is 1.27 bits per heavy atom. The second kappa shape index (κ2) is 4.40. The molecule has 2 N–H and O–H groups in total.